The highest BCUT2D eigenvalue weighted by atomic mass is 32.1. The molecule has 0 saturated carbocycles. The molecule has 0 heterocycles. The molecule has 0 radical (unpaired) electrons. The molecule has 5 heteroatoms. The van der Waals surface area contributed by atoms with E-state index >= 15 is 0 Å². The standard InChI is InChI=1S/C11H13NO3S/c1-15-10-9(12(13)14)6-7-4-2-3-5-8(7)11(10)16/h6,16H,2-5H2,1H3. The van der Waals surface area contributed by atoms with Gasteiger partial charge in [-0.05, 0) is 36.8 Å². The van der Waals surface area contributed by atoms with Gasteiger partial charge in [0.15, 0.2) is 0 Å². The predicted octanol–water partition coefficient (Wildman–Crippen LogP) is 2.77. The summed E-state index contributed by atoms with van der Waals surface area (Å²) in [7, 11) is 1.44. The summed E-state index contributed by atoms with van der Waals surface area (Å²) in [5.41, 5.74) is 2.17. The van der Waals surface area contributed by atoms with Crippen LogP contribution in [0.25, 0.3) is 0 Å². The number of methoxy groups -OCH3 is 1. The van der Waals surface area contributed by atoms with Gasteiger partial charge in [0.2, 0.25) is 5.75 Å². The molecule has 0 aromatic heterocycles. The molecule has 4 nitrogen and oxygen atoms in total. The second-order valence-electron chi connectivity index (χ2n) is 3.88. The van der Waals surface area contributed by atoms with E-state index in [1.54, 1.807) is 6.07 Å². The van der Waals surface area contributed by atoms with Crippen molar-refractivity contribution in [1.82, 2.24) is 0 Å². The SMILES string of the molecule is COc1c([N+](=O)[O-])cc2c(c1S)CCCC2. The van der Waals surface area contributed by atoms with E-state index in [1.807, 2.05) is 0 Å². The summed E-state index contributed by atoms with van der Waals surface area (Å²) >= 11 is 4.36. The Morgan fingerprint density at radius 2 is 2.12 bits per heavy atom. The van der Waals surface area contributed by atoms with Crippen LogP contribution in [0.2, 0.25) is 0 Å². The van der Waals surface area contributed by atoms with Gasteiger partial charge in [0, 0.05) is 6.07 Å². The Morgan fingerprint density at radius 1 is 1.44 bits per heavy atom. The molecule has 0 spiro atoms. The molecule has 1 aliphatic carbocycles. The molecule has 1 aliphatic rings. The van der Waals surface area contributed by atoms with Crippen molar-refractivity contribution in [2.75, 3.05) is 7.11 Å². The summed E-state index contributed by atoms with van der Waals surface area (Å²) in [6.45, 7) is 0. The van der Waals surface area contributed by atoms with Crippen molar-refractivity contribution in [1.29, 1.82) is 0 Å². The smallest absolute Gasteiger partial charge is 0.312 e. The van der Waals surface area contributed by atoms with Gasteiger partial charge < -0.3 is 4.74 Å². The van der Waals surface area contributed by atoms with Gasteiger partial charge in [-0.2, -0.15) is 0 Å². The molecule has 0 fully saturated rings. The van der Waals surface area contributed by atoms with E-state index in [-0.39, 0.29) is 11.4 Å². The molecule has 0 atom stereocenters. The molecule has 86 valence electrons. The van der Waals surface area contributed by atoms with Crippen LogP contribution in [0.3, 0.4) is 0 Å². The molecular formula is C11H13NO3S. The molecule has 0 N–H and O–H groups in total. The largest absolute Gasteiger partial charge is 0.489 e. The Hall–Kier alpha value is -1.23. The highest BCUT2D eigenvalue weighted by Crippen LogP contribution is 2.40. The van der Waals surface area contributed by atoms with Crippen molar-refractivity contribution in [2.24, 2.45) is 0 Å². The average Bonchev–Trinajstić information content (AvgIpc) is 2.29. The molecule has 0 aliphatic heterocycles. The normalized spacial score (nSPS) is 14.4. The van der Waals surface area contributed by atoms with Gasteiger partial charge in [0.05, 0.1) is 16.9 Å². The predicted molar refractivity (Wildman–Crippen MR) is 63.5 cm³/mol. The number of hydrogen-bond acceptors (Lipinski definition) is 4. The quantitative estimate of drug-likeness (QED) is 0.490. The molecule has 0 unspecified atom stereocenters. The van der Waals surface area contributed by atoms with Crippen molar-refractivity contribution >= 4 is 18.3 Å². The van der Waals surface area contributed by atoms with Crippen molar-refractivity contribution in [2.45, 2.75) is 30.6 Å². The van der Waals surface area contributed by atoms with E-state index in [1.165, 1.54) is 7.11 Å². The van der Waals surface area contributed by atoms with Crippen molar-refractivity contribution in [3.63, 3.8) is 0 Å². The van der Waals surface area contributed by atoms with Crippen LogP contribution in [0, 0.1) is 10.1 Å². The summed E-state index contributed by atoms with van der Waals surface area (Å²) in [6, 6.07) is 1.63. The zero-order valence-corrected chi connectivity index (χ0v) is 9.92. The number of rotatable bonds is 2. The molecule has 2 rings (SSSR count). The molecular weight excluding hydrogens is 226 g/mol. The number of fused-ring (bicyclic) bond motifs is 1. The van der Waals surface area contributed by atoms with Crippen LogP contribution in [0.5, 0.6) is 5.75 Å². The number of benzene rings is 1. The van der Waals surface area contributed by atoms with Crippen LogP contribution < -0.4 is 4.74 Å². The number of nitro groups is 1. The number of thiol groups is 1. The number of hydrogen-bond donors (Lipinski definition) is 1. The van der Waals surface area contributed by atoms with Crippen LogP contribution in [0.4, 0.5) is 5.69 Å². The maximum atomic E-state index is 10.9. The van der Waals surface area contributed by atoms with Gasteiger partial charge in [-0.15, -0.1) is 12.6 Å². The highest BCUT2D eigenvalue weighted by Gasteiger charge is 2.24. The third kappa shape index (κ3) is 1.75. The first-order valence-electron chi connectivity index (χ1n) is 5.21. The lowest BCUT2D eigenvalue weighted by Gasteiger charge is -2.19. The lowest BCUT2D eigenvalue weighted by atomic mass is 9.91. The topological polar surface area (TPSA) is 52.4 Å². The van der Waals surface area contributed by atoms with Crippen LogP contribution >= 0.6 is 12.6 Å². The van der Waals surface area contributed by atoms with Gasteiger partial charge in [0.1, 0.15) is 0 Å². The van der Waals surface area contributed by atoms with E-state index in [2.05, 4.69) is 12.6 Å². The summed E-state index contributed by atoms with van der Waals surface area (Å²) in [5, 5.41) is 10.9. The van der Waals surface area contributed by atoms with Crippen LogP contribution in [0.1, 0.15) is 24.0 Å². The van der Waals surface area contributed by atoms with E-state index in [0.717, 1.165) is 36.8 Å². The zero-order chi connectivity index (χ0) is 11.7. The number of nitro benzene ring substituents is 1. The lowest BCUT2D eigenvalue weighted by molar-refractivity contribution is -0.386. The van der Waals surface area contributed by atoms with E-state index in [9.17, 15) is 10.1 Å². The van der Waals surface area contributed by atoms with Crippen molar-refractivity contribution < 1.29 is 9.66 Å². The van der Waals surface area contributed by atoms with E-state index < -0.39 is 4.92 Å². The Kier molecular flexibility index (Phi) is 3.05. The Balaban J connectivity index is 2.64. The number of ether oxygens (including phenoxy) is 1. The molecule has 1 aromatic rings. The van der Waals surface area contributed by atoms with Gasteiger partial charge >= 0.3 is 5.69 Å². The molecule has 0 saturated heterocycles. The first-order chi connectivity index (χ1) is 7.65. The minimum atomic E-state index is -0.409. The van der Waals surface area contributed by atoms with Crippen LogP contribution in [-0.2, 0) is 12.8 Å². The maximum absolute atomic E-state index is 10.9. The van der Waals surface area contributed by atoms with Crippen LogP contribution in [-0.4, -0.2) is 12.0 Å². The molecule has 0 amide bonds. The van der Waals surface area contributed by atoms with Crippen LogP contribution in [0.15, 0.2) is 11.0 Å². The third-order valence-electron chi connectivity index (χ3n) is 2.96. The first-order valence-corrected chi connectivity index (χ1v) is 5.66. The fourth-order valence-electron chi connectivity index (χ4n) is 2.18. The Labute approximate surface area is 99.2 Å². The molecule has 16 heavy (non-hydrogen) atoms. The second kappa shape index (κ2) is 4.33. The monoisotopic (exact) mass is 239 g/mol. The summed E-state index contributed by atoms with van der Waals surface area (Å²) in [4.78, 5) is 11.1. The Bertz CT molecular complexity index is 445. The third-order valence-corrected chi connectivity index (χ3v) is 3.43. The summed E-state index contributed by atoms with van der Waals surface area (Å²) < 4.78 is 5.09. The zero-order valence-electron chi connectivity index (χ0n) is 9.02. The van der Waals surface area contributed by atoms with E-state index in [4.69, 9.17) is 4.74 Å². The highest BCUT2D eigenvalue weighted by molar-refractivity contribution is 7.80. The molecule has 1 aromatic carbocycles. The minimum Gasteiger partial charge on any atom is -0.489 e. The average molecular weight is 239 g/mol. The Morgan fingerprint density at radius 3 is 2.75 bits per heavy atom. The van der Waals surface area contributed by atoms with E-state index in [0.29, 0.717) is 4.90 Å². The van der Waals surface area contributed by atoms with Gasteiger partial charge in [-0.25, -0.2) is 0 Å². The number of aryl methyl sites for hydroxylation is 1. The fourth-order valence-corrected chi connectivity index (χ4v) is 2.65. The fraction of sp³-hybridized carbons (Fsp3) is 0.455. The summed E-state index contributed by atoms with van der Waals surface area (Å²) in [6.07, 6.45) is 4.03. The molecule has 0 bridgehead atoms. The number of nitrogens with zero attached hydrogens (tertiary/aromatic N) is 1. The minimum absolute atomic E-state index is 0.0214. The maximum Gasteiger partial charge on any atom is 0.312 e. The van der Waals surface area contributed by atoms with Crippen molar-refractivity contribution in [3.05, 3.63) is 27.3 Å². The van der Waals surface area contributed by atoms with Gasteiger partial charge in [0.25, 0.3) is 0 Å². The second-order valence-corrected chi connectivity index (χ2v) is 4.33. The van der Waals surface area contributed by atoms with Gasteiger partial charge in [-0.3, -0.25) is 10.1 Å². The van der Waals surface area contributed by atoms with Crippen molar-refractivity contribution in [3.8, 4) is 5.75 Å². The lowest BCUT2D eigenvalue weighted by Crippen LogP contribution is -2.07. The summed E-state index contributed by atoms with van der Waals surface area (Å²) in [5.74, 6) is 0.286. The van der Waals surface area contributed by atoms with Gasteiger partial charge in [-0.1, -0.05) is 0 Å². The first kappa shape index (κ1) is 11.3.